The summed E-state index contributed by atoms with van der Waals surface area (Å²) >= 11 is 0. The molecular formula is C21H29NO7S. The number of rotatable bonds is 6. The van der Waals surface area contributed by atoms with Gasteiger partial charge in [-0.15, -0.1) is 0 Å². The Balaban J connectivity index is 0.000000575. The summed E-state index contributed by atoms with van der Waals surface area (Å²) in [5.41, 5.74) is 3.47. The molecule has 1 aliphatic rings. The smallest absolute Gasteiger partial charge is 0.394 e. The number of ether oxygens (including phenoxy) is 2. The molecule has 0 saturated carbocycles. The zero-order chi connectivity index (χ0) is 22.4. The molecule has 1 fully saturated rings. The summed E-state index contributed by atoms with van der Waals surface area (Å²) in [6.07, 6.45) is 0.843. The molecule has 0 aliphatic carbocycles. The SMILES string of the molecule is COc1ccc(C2CNCC2(CO)Cc2ccc(C)cc2)cc1OC.O=S(=O)(O)O. The van der Waals surface area contributed by atoms with E-state index < -0.39 is 10.4 Å². The second-order valence-electron chi connectivity index (χ2n) is 7.43. The number of aliphatic hydroxyl groups is 1. The number of aryl methyl sites for hydroxylation is 1. The van der Waals surface area contributed by atoms with Crippen LogP contribution in [-0.2, 0) is 16.8 Å². The predicted molar refractivity (Wildman–Crippen MR) is 114 cm³/mol. The van der Waals surface area contributed by atoms with Crippen molar-refractivity contribution < 1.29 is 32.1 Å². The number of benzene rings is 2. The summed E-state index contributed by atoms with van der Waals surface area (Å²) in [5.74, 6) is 1.68. The molecule has 9 heteroatoms. The van der Waals surface area contributed by atoms with E-state index >= 15 is 0 Å². The van der Waals surface area contributed by atoms with Gasteiger partial charge in [0.25, 0.3) is 0 Å². The van der Waals surface area contributed by atoms with E-state index in [-0.39, 0.29) is 17.9 Å². The molecule has 1 saturated heterocycles. The van der Waals surface area contributed by atoms with Crippen molar-refractivity contribution in [2.24, 2.45) is 5.41 Å². The van der Waals surface area contributed by atoms with Crippen LogP contribution in [0.2, 0.25) is 0 Å². The van der Waals surface area contributed by atoms with Crippen molar-refractivity contribution in [2.75, 3.05) is 33.9 Å². The van der Waals surface area contributed by atoms with Crippen LogP contribution in [-0.4, -0.2) is 56.5 Å². The van der Waals surface area contributed by atoms with Gasteiger partial charge in [-0.3, -0.25) is 9.11 Å². The first-order chi connectivity index (χ1) is 14.1. The molecule has 0 spiro atoms. The first kappa shape index (κ1) is 24.1. The van der Waals surface area contributed by atoms with Crippen molar-refractivity contribution in [1.82, 2.24) is 5.32 Å². The van der Waals surface area contributed by atoms with Crippen molar-refractivity contribution in [3.63, 3.8) is 0 Å². The molecule has 2 atom stereocenters. The zero-order valence-electron chi connectivity index (χ0n) is 17.3. The Kier molecular flexibility index (Phi) is 8.22. The predicted octanol–water partition coefficient (Wildman–Crippen LogP) is 2.27. The molecule has 1 heterocycles. The Morgan fingerprint density at radius 1 is 1.07 bits per heavy atom. The average molecular weight is 440 g/mol. The summed E-state index contributed by atoms with van der Waals surface area (Å²) in [5, 5.41) is 13.8. The zero-order valence-corrected chi connectivity index (χ0v) is 18.1. The lowest BCUT2D eigenvalue weighted by Gasteiger charge is -2.33. The average Bonchev–Trinajstić information content (AvgIpc) is 3.12. The fraction of sp³-hybridized carbons (Fsp3) is 0.429. The standard InChI is InChI=1S/C21H27NO3.H2O4S/c1-15-4-6-16(7-5-15)11-21(14-23)13-22-12-18(21)17-8-9-19(24-2)20(10-17)25-3;1-5(2,3)4/h4-10,18,22-23H,11-14H2,1-3H3;(H2,1,2,3,4). The highest BCUT2D eigenvalue weighted by Gasteiger charge is 2.43. The number of aliphatic hydroxyl groups excluding tert-OH is 1. The number of methoxy groups -OCH3 is 2. The second kappa shape index (κ2) is 10.2. The van der Waals surface area contributed by atoms with Crippen LogP contribution in [0, 0.1) is 12.3 Å². The Hall–Kier alpha value is -2.17. The van der Waals surface area contributed by atoms with E-state index in [2.05, 4.69) is 42.6 Å². The van der Waals surface area contributed by atoms with Crippen LogP contribution in [0.3, 0.4) is 0 Å². The van der Waals surface area contributed by atoms with Crippen LogP contribution in [0.25, 0.3) is 0 Å². The lowest BCUT2D eigenvalue weighted by molar-refractivity contribution is 0.126. The van der Waals surface area contributed by atoms with Crippen LogP contribution in [0.1, 0.15) is 22.6 Å². The normalized spacial score (nSPS) is 20.9. The lowest BCUT2D eigenvalue weighted by atomic mass is 9.71. The molecule has 0 amide bonds. The maximum atomic E-state index is 10.3. The summed E-state index contributed by atoms with van der Waals surface area (Å²) in [4.78, 5) is 0. The Labute approximate surface area is 177 Å². The first-order valence-electron chi connectivity index (χ1n) is 9.41. The van der Waals surface area contributed by atoms with E-state index in [4.69, 9.17) is 27.0 Å². The molecule has 0 radical (unpaired) electrons. The van der Waals surface area contributed by atoms with Crippen LogP contribution in [0.5, 0.6) is 11.5 Å². The minimum absolute atomic E-state index is 0.146. The summed E-state index contributed by atoms with van der Waals surface area (Å²) in [7, 11) is -1.37. The highest BCUT2D eigenvalue weighted by Crippen LogP contribution is 2.43. The summed E-state index contributed by atoms with van der Waals surface area (Å²) in [6.45, 7) is 3.89. The molecule has 2 aromatic carbocycles. The van der Waals surface area contributed by atoms with Crippen molar-refractivity contribution in [3.05, 3.63) is 59.2 Å². The molecule has 1 aliphatic heterocycles. The van der Waals surface area contributed by atoms with Gasteiger partial charge in [-0.2, -0.15) is 8.42 Å². The molecule has 4 N–H and O–H groups in total. The van der Waals surface area contributed by atoms with Crippen molar-refractivity contribution in [3.8, 4) is 11.5 Å². The molecule has 2 unspecified atom stereocenters. The molecule has 166 valence electrons. The van der Waals surface area contributed by atoms with Gasteiger partial charge in [0.05, 0.1) is 20.8 Å². The molecule has 3 rings (SSSR count). The topological polar surface area (TPSA) is 125 Å². The largest absolute Gasteiger partial charge is 0.493 e. The van der Waals surface area contributed by atoms with E-state index in [0.717, 1.165) is 31.0 Å². The molecule has 0 aromatic heterocycles. The van der Waals surface area contributed by atoms with Gasteiger partial charge in [0.2, 0.25) is 0 Å². The lowest BCUT2D eigenvalue weighted by Crippen LogP contribution is -2.35. The number of hydrogen-bond donors (Lipinski definition) is 4. The first-order valence-corrected chi connectivity index (χ1v) is 10.8. The van der Waals surface area contributed by atoms with Crippen LogP contribution < -0.4 is 14.8 Å². The van der Waals surface area contributed by atoms with Gasteiger partial charge in [-0.25, -0.2) is 0 Å². The monoisotopic (exact) mass is 439 g/mol. The fourth-order valence-electron chi connectivity index (χ4n) is 3.87. The van der Waals surface area contributed by atoms with Gasteiger partial charge in [0, 0.05) is 24.4 Å². The summed E-state index contributed by atoms with van der Waals surface area (Å²) in [6, 6.07) is 14.7. The van der Waals surface area contributed by atoms with Crippen LogP contribution >= 0.6 is 0 Å². The van der Waals surface area contributed by atoms with E-state index in [9.17, 15) is 5.11 Å². The van der Waals surface area contributed by atoms with Gasteiger partial charge in [0.15, 0.2) is 11.5 Å². The van der Waals surface area contributed by atoms with Gasteiger partial charge in [0.1, 0.15) is 0 Å². The molecule has 2 aromatic rings. The van der Waals surface area contributed by atoms with Gasteiger partial charge in [-0.1, -0.05) is 35.9 Å². The van der Waals surface area contributed by atoms with E-state index in [1.54, 1.807) is 14.2 Å². The van der Waals surface area contributed by atoms with Crippen molar-refractivity contribution in [2.45, 2.75) is 19.3 Å². The minimum Gasteiger partial charge on any atom is -0.493 e. The maximum Gasteiger partial charge on any atom is 0.394 e. The van der Waals surface area contributed by atoms with Gasteiger partial charge >= 0.3 is 10.4 Å². The Bertz CT molecular complexity index is 923. The highest BCUT2D eigenvalue weighted by atomic mass is 32.3. The number of hydrogen-bond acceptors (Lipinski definition) is 6. The quantitative estimate of drug-likeness (QED) is 0.505. The van der Waals surface area contributed by atoms with Crippen LogP contribution in [0.15, 0.2) is 42.5 Å². The van der Waals surface area contributed by atoms with Gasteiger partial charge < -0.3 is 19.9 Å². The highest BCUT2D eigenvalue weighted by molar-refractivity contribution is 7.79. The Morgan fingerprint density at radius 2 is 1.67 bits per heavy atom. The third kappa shape index (κ3) is 6.41. The molecular weight excluding hydrogens is 410 g/mol. The second-order valence-corrected chi connectivity index (χ2v) is 8.32. The number of nitrogens with one attached hydrogen (secondary N) is 1. The van der Waals surface area contributed by atoms with E-state index in [0.29, 0.717) is 0 Å². The maximum absolute atomic E-state index is 10.3. The minimum atomic E-state index is -4.67. The third-order valence-electron chi connectivity index (χ3n) is 5.37. The van der Waals surface area contributed by atoms with E-state index in [1.165, 1.54) is 16.7 Å². The van der Waals surface area contributed by atoms with Crippen molar-refractivity contribution in [1.29, 1.82) is 0 Å². The Morgan fingerprint density at radius 3 is 2.20 bits per heavy atom. The molecule has 8 nitrogen and oxygen atoms in total. The van der Waals surface area contributed by atoms with Crippen LogP contribution in [0.4, 0.5) is 0 Å². The summed E-state index contributed by atoms with van der Waals surface area (Å²) < 4.78 is 42.4. The molecule has 0 bridgehead atoms. The van der Waals surface area contributed by atoms with Gasteiger partial charge in [-0.05, 0) is 36.6 Å². The van der Waals surface area contributed by atoms with E-state index in [1.807, 2.05) is 12.1 Å². The third-order valence-corrected chi connectivity index (χ3v) is 5.37. The van der Waals surface area contributed by atoms with Crippen molar-refractivity contribution >= 4 is 10.4 Å². The fourth-order valence-corrected chi connectivity index (χ4v) is 3.87. The molecule has 30 heavy (non-hydrogen) atoms.